The first-order valence-corrected chi connectivity index (χ1v) is 14.4. The SMILES string of the molecule is C=C/C(C)=C(/NC(C)C1=C/C(C)=C\NC(=C)\C=C(C)/N=C\1C)C(C)C(=O)O.CC.CC.CCC1=C(CN)CC=C1. The van der Waals surface area contributed by atoms with E-state index in [9.17, 15) is 9.90 Å². The Hall–Kier alpha value is -3.38. The van der Waals surface area contributed by atoms with Crippen LogP contribution >= 0.6 is 0 Å². The Bertz CT molecular complexity index is 1070. The van der Waals surface area contributed by atoms with Gasteiger partial charge in [0.15, 0.2) is 0 Å². The Morgan fingerprint density at radius 1 is 1.20 bits per heavy atom. The van der Waals surface area contributed by atoms with Crippen molar-refractivity contribution in [1.82, 2.24) is 10.6 Å². The molecule has 1 aliphatic carbocycles. The topological polar surface area (TPSA) is 99.7 Å². The van der Waals surface area contributed by atoms with E-state index in [0.717, 1.165) is 53.2 Å². The minimum absolute atomic E-state index is 0.140. The number of rotatable bonds is 8. The molecular weight excluding hydrogens is 496 g/mol. The van der Waals surface area contributed by atoms with Gasteiger partial charge in [-0.15, -0.1) is 0 Å². The minimum Gasteiger partial charge on any atom is -0.481 e. The quantitative estimate of drug-likeness (QED) is 0.228. The summed E-state index contributed by atoms with van der Waals surface area (Å²) in [6.45, 7) is 30.0. The molecule has 2 atom stereocenters. The molecule has 5 N–H and O–H groups in total. The summed E-state index contributed by atoms with van der Waals surface area (Å²) >= 11 is 0. The number of aliphatic carboxylic acids is 1. The number of allylic oxidation sites excluding steroid dienone is 9. The van der Waals surface area contributed by atoms with Crippen LogP contribution in [0.2, 0.25) is 0 Å². The summed E-state index contributed by atoms with van der Waals surface area (Å²) in [5, 5.41) is 16.0. The van der Waals surface area contributed by atoms with E-state index < -0.39 is 11.9 Å². The average Bonchev–Trinajstić information content (AvgIpc) is 3.42. The van der Waals surface area contributed by atoms with Gasteiger partial charge in [-0.05, 0) is 88.3 Å². The lowest BCUT2D eigenvalue weighted by atomic mass is 9.97. The molecule has 0 saturated heterocycles. The Kier molecular flexibility index (Phi) is 20.8. The van der Waals surface area contributed by atoms with E-state index in [-0.39, 0.29) is 6.04 Å². The van der Waals surface area contributed by atoms with E-state index in [1.807, 2.05) is 80.7 Å². The van der Waals surface area contributed by atoms with Gasteiger partial charge in [0.25, 0.3) is 0 Å². The molecule has 0 fully saturated rings. The molecule has 0 aromatic carbocycles. The zero-order valence-corrected chi connectivity index (χ0v) is 27.0. The molecular formula is C34H56N4O2. The standard InChI is InChI=1S/C22H31N3O2.C8H13N.2C2H6/c1-9-14(3)21(17(6)22(26)27)25-19(8)20-10-13(2)12-23-15(4)11-16(5)24-18(20)7;1-2-7-4-3-5-8(7)6-9;2*1-2/h9-12,17,19,23,25H,1,4H2,2-3,5-8H3,(H,26,27);3-4H,2,5-6,9H2,1H3;2*1-2H3/b13-12-,16-11-,20-10+,21-14+,24-18-;;;. The second-order valence-electron chi connectivity index (χ2n) is 9.16. The van der Waals surface area contributed by atoms with Crippen LogP contribution in [0.5, 0.6) is 0 Å². The van der Waals surface area contributed by atoms with Crippen LogP contribution in [0.25, 0.3) is 0 Å². The van der Waals surface area contributed by atoms with Gasteiger partial charge in [0.2, 0.25) is 0 Å². The van der Waals surface area contributed by atoms with Gasteiger partial charge >= 0.3 is 5.97 Å². The van der Waals surface area contributed by atoms with Crippen molar-refractivity contribution in [2.24, 2.45) is 16.6 Å². The highest BCUT2D eigenvalue weighted by Crippen LogP contribution is 2.20. The first-order valence-electron chi connectivity index (χ1n) is 14.4. The fourth-order valence-electron chi connectivity index (χ4n) is 3.99. The molecule has 1 aliphatic heterocycles. The molecule has 6 heteroatoms. The maximum atomic E-state index is 11.5. The predicted octanol–water partition coefficient (Wildman–Crippen LogP) is 8.12. The molecule has 224 valence electrons. The highest BCUT2D eigenvalue weighted by atomic mass is 16.4. The van der Waals surface area contributed by atoms with E-state index in [4.69, 9.17) is 5.73 Å². The van der Waals surface area contributed by atoms with Gasteiger partial charge in [0, 0.05) is 35.5 Å². The molecule has 0 aromatic rings. The monoisotopic (exact) mass is 552 g/mol. The number of hydrogen-bond donors (Lipinski definition) is 4. The second-order valence-corrected chi connectivity index (χ2v) is 9.16. The molecule has 6 nitrogen and oxygen atoms in total. The Labute approximate surface area is 245 Å². The summed E-state index contributed by atoms with van der Waals surface area (Å²) < 4.78 is 0. The maximum Gasteiger partial charge on any atom is 0.312 e. The summed E-state index contributed by atoms with van der Waals surface area (Å²) in [6.07, 6.45) is 14.1. The van der Waals surface area contributed by atoms with Crippen LogP contribution in [-0.2, 0) is 4.79 Å². The van der Waals surface area contributed by atoms with Gasteiger partial charge in [0.05, 0.1) is 12.0 Å². The number of aliphatic imine (C=N–C) groups is 1. The third-order valence-electron chi connectivity index (χ3n) is 6.15. The van der Waals surface area contributed by atoms with Gasteiger partial charge in [0.1, 0.15) is 0 Å². The Morgan fingerprint density at radius 3 is 2.27 bits per heavy atom. The lowest BCUT2D eigenvalue weighted by Crippen LogP contribution is -2.35. The Balaban J connectivity index is 0. The molecule has 0 saturated carbocycles. The van der Waals surface area contributed by atoms with Crippen LogP contribution in [0, 0.1) is 5.92 Å². The summed E-state index contributed by atoms with van der Waals surface area (Å²) in [5.41, 5.74) is 14.3. The van der Waals surface area contributed by atoms with Crippen molar-refractivity contribution in [2.75, 3.05) is 6.54 Å². The molecule has 2 unspecified atom stereocenters. The Morgan fingerprint density at radius 2 is 1.80 bits per heavy atom. The van der Waals surface area contributed by atoms with Crippen LogP contribution in [0.15, 0.2) is 99.7 Å². The predicted molar refractivity (Wildman–Crippen MR) is 176 cm³/mol. The first kappa shape index (κ1) is 38.8. The van der Waals surface area contributed by atoms with E-state index in [0.29, 0.717) is 5.70 Å². The molecule has 0 amide bonds. The third kappa shape index (κ3) is 13.6. The second kappa shape index (κ2) is 21.4. The van der Waals surface area contributed by atoms with Gasteiger partial charge in [-0.25, -0.2) is 0 Å². The zero-order chi connectivity index (χ0) is 31.4. The number of carboxylic acid groups (broad SMARTS) is 1. The smallest absolute Gasteiger partial charge is 0.312 e. The fourth-order valence-corrected chi connectivity index (χ4v) is 3.99. The lowest BCUT2D eigenvalue weighted by Gasteiger charge is -2.25. The molecule has 2 rings (SSSR count). The van der Waals surface area contributed by atoms with Gasteiger partial charge in [-0.2, -0.15) is 0 Å². The van der Waals surface area contributed by atoms with Gasteiger partial charge in [-0.1, -0.05) is 72.1 Å². The summed E-state index contributed by atoms with van der Waals surface area (Å²) in [5.74, 6) is -1.54. The van der Waals surface area contributed by atoms with Crippen LogP contribution in [0.1, 0.15) is 89.0 Å². The molecule has 0 bridgehead atoms. The van der Waals surface area contributed by atoms with Crippen molar-refractivity contribution < 1.29 is 9.90 Å². The zero-order valence-electron chi connectivity index (χ0n) is 27.0. The molecule has 0 radical (unpaired) electrons. The van der Waals surface area contributed by atoms with Crippen LogP contribution in [0.3, 0.4) is 0 Å². The van der Waals surface area contributed by atoms with Gasteiger partial charge < -0.3 is 21.5 Å². The van der Waals surface area contributed by atoms with Crippen LogP contribution in [0.4, 0.5) is 0 Å². The van der Waals surface area contributed by atoms with E-state index in [1.54, 1.807) is 13.0 Å². The average molecular weight is 553 g/mol. The van der Waals surface area contributed by atoms with Gasteiger partial charge in [-0.3, -0.25) is 9.79 Å². The molecule has 0 aromatic heterocycles. The number of carboxylic acids is 1. The highest BCUT2D eigenvalue weighted by Gasteiger charge is 2.22. The molecule has 0 spiro atoms. The number of hydrogen-bond acceptors (Lipinski definition) is 5. The fraction of sp³-hybridized carbons (Fsp3) is 0.471. The normalized spacial score (nSPS) is 21.9. The highest BCUT2D eigenvalue weighted by molar-refractivity contribution is 6.00. The van der Waals surface area contributed by atoms with Crippen LogP contribution in [-0.4, -0.2) is 29.4 Å². The van der Waals surface area contributed by atoms with Crippen molar-refractivity contribution in [2.45, 2.75) is 95.0 Å². The van der Waals surface area contributed by atoms with E-state index in [2.05, 4.69) is 47.9 Å². The van der Waals surface area contributed by atoms with Crippen molar-refractivity contribution in [3.8, 4) is 0 Å². The number of nitrogens with one attached hydrogen (secondary N) is 2. The molecule has 2 aliphatic rings. The minimum atomic E-state index is -0.881. The van der Waals surface area contributed by atoms with Crippen molar-refractivity contribution >= 4 is 11.7 Å². The third-order valence-corrected chi connectivity index (χ3v) is 6.15. The first-order chi connectivity index (χ1) is 18.9. The van der Waals surface area contributed by atoms with E-state index >= 15 is 0 Å². The summed E-state index contributed by atoms with van der Waals surface area (Å²) in [7, 11) is 0. The summed E-state index contributed by atoms with van der Waals surface area (Å²) in [6, 6.07) is -0.140. The maximum absolute atomic E-state index is 11.5. The number of nitrogens with zero attached hydrogens (tertiary/aromatic N) is 1. The summed E-state index contributed by atoms with van der Waals surface area (Å²) in [4.78, 5) is 16.2. The van der Waals surface area contributed by atoms with E-state index in [1.165, 1.54) is 11.1 Å². The molecule has 40 heavy (non-hydrogen) atoms. The lowest BCUT2D eigenvalue weighted by molar-refractivity contribution is -0.140. The van der Waals surface area contributed by atoms with Crippen molar-refractivity contribution in [3.05, 3.63) is 94.7 Å². The molecule has 1 heterocycles. The van der Waals surface area contributed by atoms with Crippen molar-refractivity contribution in [1.29, 1.82) is 0 Å². The number of nitrogens with two attached hydrogens (primary N) is 1. The largest absolute Gasteiger partial charge is 0.481 e. The van der Waals surface area contributed by atoms with Crippen LogP contribution < -0.4 is 16.4 Å². The number of carbonyl (C=O) groups is 1. The van der Waals surface area contributed by atoms with Crippen molar-refractivity contribution in [3.63, 3.8) is 0 Å².